The Morgan fingerprint density at radius 3 is 2.85 bits per heavy atom. The van der Waals surface area contributed by atoms with Crippen molar-refractivity contribution in [1.29, 1.82) is 0 Å². The second-order valence-electron chi connectivity index (χ2n) is 6.86. The molecule has 4 rings (SSSR count). The number of hydrogen-bond acceptors (Lipinski definition) is 4. The fourth-order valence-electron chi connectivity index (χ4n) is 3.84. The van der Waals surface area contributed by atoms with E-state index in [0.29, 0.717) is 30.0 Å². The third kappa shape index (κ3) is 3.17. The molecule has 6 nitrogen and oxygen atoms in total. The minimum atomic E-state index is -3.68. The van der Waals surface area contributed by atoms with E-state index < -0.39 is 16.1 Å². The van der Waals surface area contributed by atoms with Crippen molar-refractivity contribution in [3.8, 4) is 0 Å². The van der Waals surface area contributed by atoms with Crippen molar-refractivity contribution in [3.05, 3.63) is 53.5 Å². The van der Waals surface area contributed by atoms with E-state index >= 15 is 0 Å². The van der Waals surface area contributed by atoms with Crippen molar-refractivity contribution in [2.75, 3.05) is 6.54 Å². The number of benzene rings is 1. The second kappa shape index (κ2) is 6.89. The van der Waals surface area contributed by atoms with Gasteiger partial charge in [0.05, 0.1) is 17.7 Å². The molecule has 138 valence electrons. The van der Waals surface area contributed by atoms with E-state index in [4.69, 9.17) is 4.42 Å². The molecular weight excluding hydrogens is 352 g/mol. The minimum absolute atomic E-state index is 0.259. The number of nitrogens with one attached hydrogen (secondary N) is 1. The maximum atomic E-state index is 13.1. The highest BCUT2D eigenvalue weighted by Crippen LogP contribution is 2.30. The quantitative estimate of drug-likeness (QED) is 0.870. The third-order valence-corrected chi connectivity index (χ3v) is 7.10. The number of aryl methyl sites for hydroxylation is 2. The third-order valence-electron chi connectivity index (χ3n) is 5.20. The lowest BCUT2D eigenvalue weighted by molar-refractivity contribution is -0.124. The van der Waals surface area contributed by atoms with Gasteiger partial charge < -0.3 is 9.73 Å². The van der Waals surface area contributed by atoms with Crippen LogP contribution in [0.4, 0.5) is 0 Å². The zero-order valence-electron chi connectivity index (χ0n) is 14.5. The van der Waals surface area contributed by atoms with Crippen LogP contribution in [-0.2, 0) is 34.2 Å². The molecule has 0 spiro atoms. The molecule has 7 heteroatoms. The standard InChI is InChI=1S/C19H22N2O4S/c22-19(20-13-16-6-3-11-25-16)18-7-2-10-21(18)26(23,24)17-9-8-14-4-1-5-15(14)12-17/h3,6,8-9,11-12,18H,1-2,4-5,7,10,13H2,(H,20,22). The number of furan rings is 1. The van der Waals surface area contributed by atoms with Crippen LogP contribution in [-0.4, -0.2) is 31.2 Å². The van der Waals surface area contributed by atoms with Gasteiger partial charge in [-0.05, 0) is 67.5 Å². The lowest BCUT2D eigenvalue weighted by atomic mass is 10.1. The summed E-state index contributed by atoms with van der Waals surface area (Å²) in [5, 5.41) is 2.78. The van der Waals surface area contributed by atoms with Crippen LogP contribution in [0.15, 0.2) is 45.9 Å². The van der Waals surface area contributed by atoms with E-state index in [9.17, 15) is 13.2 Å². The summed E-state index contributed by atoms with van der Waals surface area (Å²) < 4.78 is 32.8. The summed E-state index contributed by atoms with van der Waals surface area (Å²) in [6.45, 7) is 0.632. The van der Waals surface area contributed by atoms with E-state index in [1.807, 2.05) is 6.07 Å². The molecule has 0 saturated carbocycles. The molecule has 1 amide bonds. The molecule has 2 aliphatic rings. The zero-order chi connectivity index (χ0) is 18.1. The molecule has 1 atom stereocenters. The Bertz CT molecular complexity index is 906. The van der Waals surface area contributed by atoms with Crippen molar-refractivity contribution < 1.29 is 17.6 Å². The monoisotopic (exact) mass is 374 g/mol. The summed E-state index contributed by atoms with van der Waals surface area (Å²) in [5.41, 5.74) is 2.35. The topological polar surface area (TPSA) is 79.6 Å². The summed E-state index contributed by atoms with van der Waals surface area (Å²) in [7, 11) is -3.68. The SMILES string of the molecule is O=C(NCc1ccco1)C1CCCN1S(=O)(=O)c1ccc2c(c1)CCC2. The predicted octanol–water partition coefficient (Wildman–Crippen LogP) is 2.24. The number of carbonyl (C=O) groups excluding carboxylic acids is 1. The zero-order valence-corrected chi connectivity index (χ0v) is 15.3. The Hall–Kier alpha value is -2.12. The van der Waals surface area contributed by atoms with E-state index in [1.165, 1.54) is 9.87 Å². The van der Waals surface area contributed by atoms with Crippen LogP contribution in [0, 0.1) is 0 Å². The average molecular weight is 374 g/mol. The van der Waals surface area contributed by atoms with Gasteiger partial charge in [0.25, 0.3) is 0 Å². The lowest BCUT2D eigenvalue weighted by Gasteiger charge is -2.23. The van der Waals surface area contributed by atoms with Crippen LogP contribution in [0.25, 0.3) is 0 Å². The second-order valence-corrected chi connectivity index (χ2v) is 8.75. The van der Waals surface area contributed by atoms with Gasteiger partial charge in [-0.2, -0.15) is 4.31 Å². The molecule has 2 aromatic rings. The van der Waals surface area contributed by atoms with E-state index in [0.717, 1.165) is 24.8 Å². The van der Waals surface area contributed by atoms with Crippen molar-refractivity contribution >= 4 is 15.9 Å². The van der Waals surface area contributed by atoms with Gasteiger partial charge in [0.2, 0.25) is 15.9 Å². The average Bonchev–Trinajstić information content (AvgIpc) is 3.40. The molecular formula is C19H22N2O4S. The highest BCUT2D eigenvalue weighted by atomic mass is 32.2. The maximum absolute atomic E-state index is 13.1. The highest BCUT2D eigenvalue weighted by molar-refractivity contribution is 7.89. The van der Waals surface area contributed by atoms with Crippen LogP contribution in [0.1, 0.15) is 36.1 Å². The Balaban J connectivity index is 1.52. The van der Waals surface area contributed by atoms with Gasteiger partial charge in [-0.25, -0.2) is 8.42 Å². The first-order valence-electron chi connectivity index (χ1n) is 8.99. The number of rotatable bonds is 5. The van der Waals surface area contributed by atoms with Crippen LogP contribution < -0.4 is 5.32 Å². The van der Waals surface area contributed by atoms with Gasteiger partial charge in [-0.15, -0.1) is 0 Å². The van der Waals surface area contributed by atoms with Gasteiger partial charge in [0.1, 0.15) is 11.8 Å². The van der Waals surface area contributed by atoms with Gasteiger partial charge in [0, 0.05) is 6.54 Å². The van der Waals surface area contributed by atoms with Gasteiger partial charge in [-0.1, -0.05) is 6.07 Å². The molecule has 1 fully saturated rings. The lowest BCUT2D eigenvalue weighted by Crippen LogP contribution is -2.45. The molecule has 1 aliphatic carbocycles. The summed E-state index contributed by atoms with van der Waals surface area (Å²) in [6.07, 6.45) is 5.77. The normalized spacial score (nSPS) is 20.2. The molecule has 0 radical (unpaired) electrons. The highest BCUT2D eigenvalue weighted by Gasteiger charge is 2.39. The van der Waals surface area contributed by atoms with E-state index in [-0.39, 0.29) is 12.5 Å². The number of carbonyl (C=O) groups is 1. The molecule has 1 saturated heterocycles. The molecule has 1 unspecified atom stereocenters. The van der Waals surface area contributed by atoms with Crippen LogP contribution in [0.2, 0.25) is 0 Å². The van der Waals surface area contributed by atoms with E-state index in [1.54, 1.807) is 30.5 Å². The van der Waals surface area contributed by atoms with Crippen molar-refractivity contribution in [2.24, 2.45) is 0 Å². The van der Waals surface area contributed by atoms with Crippen LogP contribution in [0.3, 0.4) is 0 Å². The summed E-state index contributed by atoms with van der Waals surface area (Å²) in [6, 6.07) is 8.24. The van der Waals surface area contributed by atoms with Crippen molar-refractivity contribution in [3.63, 3.8) is 0 Å². The number of sulfonamides is 1. The molecule has 1 aromatic carbocycles. The van der Waals surface area contributed by atoms with Crippen molar-refractivity contribution in [1.82, 2.24) is 9.62 Å². The Kier molecular flexibility index (Phi) is 4.58. The van der Waals surface area contributed by atoms with Gasteiger partial charge in [0.15, 0.2) is 0 Å². The Morgan fingerprint density at radius 1 is 1.19 bits per heavy atom. The summed E-state index contributed by atoms with van der Waals surface area (Å²) in [5.74, 6) is 0.369. The molecule has 1 aliphatic heterocycles. The predicted molar refractivity (Wildman–Crippen MR) is 95.9 cm³/mol. The van der Waals surface area contributed by atoms with Crippen LogP contribution >= 0.6 is 0 Å². The first-order valence-corrected chi connectivity index (χ1v) is 10.4. The van der Waals surface area contributed by atoms with Crippen molar-refractivity contribution in [2.45, 2.75) is 49.6 Å². The first kappa shape index (κ1) is 17.3. The molecule has 1 aromatic heterocycles. The maximum Gasteiger partial charge on any atom is 0.243 e. The molecule has 26 heavy (non-hydrogen) atoms. The fraction of sp³-hybridized carbons (Fsp3) is 0.421. The van der Waals surface area contributed by atoms with Gasteiger partial charge in [-0.3, -0.25) is 4.79 Å². The van der Waals surface area contributed by atoms with Crippen LogP contribution in [0.5, 0.6) is 0 Å². The minimum Gasteiger partial charge on any atom is -0.467 e. The van der Waals surface area contributed by atoms with Gasteiger partial charge >= 0.3 is 0 Å². The largest absolute Gasteiger partial charge is 0.467 e. The Labute approximate surface area is 153 Å². The Morgan fingerprint density at radius 2 is 2.04 bits per heavy atom. The van der Waals surface area contributed by atoms with E-state index in [2.05, 4.69) is 5.32 Å². The molecule has 0 bridgehead atoms. The summed E-state index contributed by atoms with van der Waals surface area (Å²) in [4.78, 5) is 12.9. The summed E-state index contributed by atoms with van der Waals surface area (Å²) >= 11 is 0. The number of hydrogen-bond donors (Lipinski definition) is 1. The fourth-order valence-corrected chi connectivity index (χ4v) is 5.55. The number of fused-ring (bicyclic) bond motifs is 1. The number of nitrogens with zero attached hydrogens (tertiary/aromatic N) is 1. The molecule has 2 heterocycles. The molecule has 1 N–H and O–H groups in total. The first-order chi connectivity index (χ1) is 12.6. The number of amides is 1. The smallest absolute Gasteiger partial charge is 0.243 e.